The number of para-hydroxylation sites is 1. The maximum absolute atomic E-state index is 7.54. The Morgan fingerprint density at radius 2 is 1.95 bits per heavy atom. The fourth-order valence-electron chi connectivity index (χ4n) is 2.15. The van der Waals surface area contributed by atoms with Crippen LogP contribution in [0.5, 0.6) is 0 Å². The van der Waals surface area contributed by atoms with Crippen LogP contribution in [0.15, 0.2) is 36.5 Å². The highest BCUT2D eigenvalue weighted by Crippen LogP contribution is 2.26. The van der Waals surface area contributed by atoms with Crippen LogP contribution in [0, 0.1) is 12.3 Å². The van der Waals surface area contributed by atoms with Crippen LogP contribution >= 0.6 is 0 Å². The van der Waals surface area contributed by atoms with E-state index in [1.807, 2.05) is 56.0 Å². The topological polar surface area (TPSA) is 65.7 Å². The van der Waals surface area contributed by atoms with E-state index in [1.54, 1.807) is 6.20 Å². The lowest BCUT2D eigenvalue weighted by Crippen LogP contribution is -2.02. The lowest BCUT2D eigenvalue weighted by Gasteiger charge is -2.06. The SMILES string of the molecule is CN/C=C(\C=N)c1nn(-c2ccccc2)c(NC)c1C. The highest BCUT2D eigenvalue weighted by Gasteiger charge is 2.16. The maximum atomic E-state index is 7.54. The highest BCUT2D eigenvalue weighted by atomic mass is 15.3. The molecule has 0 saturated carbocycles. The molecule has 5 heteroatoms. The number of hydrogen-bond acceptors (Lipinski definition) is 4. The van der Waals surface area contributed by atoms with Crippen molar-refractivity contribution in [2.24, 2.45) is 0 Å². The molecule has 1 heterocycles. The number of aromatic nitrogens is 2. The van der Waals surface area contributed by atoms with E-state index in [1.165, 1.54) is 6.21 Å². The number of benzene rings is 1. The summed E-state index contributed by atoms with van der Waals surface area (Å²) in [5, 5.41) is 18.3. The van der Waals surface area contributed by atoms with Crippen molar-refractivity contribution in [2.75, 3.05) is 19.4 Å². The first-order valence-corrected chi connectivity index (χ1v) is 6.44. The molecule has 5 nitrogen and oxygen atoms in total. The summed E-state index contributed by atoms with van der Waals surface area (Å²) in [5.41, 5.74) is 3.54. The van der Waals surface area contributed by atoms with Crippen molar-refractivity contribution in [3.05, 3.63) is 47.8 Å². The van der Waals surface area contributed by atoms with Gasteiger partial charge < -0.3 is 16.0 Å². The monoisotopic (exact) mass is 269 g/mol. The van der Waals surface area contributed by atoms with Gasteiger partial charge in [-0.15, -0.1) is 0 Å². The van der Waals surface area contributed by atoms with Gasteiger partial charge in [0, 0.05) is 37.6 Å². The average molecular weight is 269 g/mol. The van der Waals surface area contributed by atoms with Crippen LogP contribution in [0.1, 0.15) is 11.3 Å². The molecule has 0 aliphatic heterocycles. The molecule has 0 saturated heterocycles. The van der Waals surface area contributed by atoms with E-state index in [2.05, 4.69) is 15.7 Å². The van der Waals surface area contributed by atoms with E-state index >= 15 is 0 Å². The number of anilines is 1. The van der Waals surface area contributed by atoms with E-state index in [9.17, 15) is 0 Å². The molecule has 3 N–H and O–H groups in total. The maximum Gasteiger partial charge on any atom is 0.133 e. The zero-order valence-electron chi connectivity index (χ0n) is 11.9. The zero-order chi connectivity index (χ0) is 14.5. The Balaban J connectivity index is 2.61. The molecule has 0 bridgehead atoms. The number of nitrogens with one attached hydrogen (secondary N) is 3. The van der Waals surface area contributed by atoms with Crippen molar-refractivity contribution < 1.29 is 0 Å². The van der Waals surface area contributed by atoms with Gasteiger partial charge >= 0.3 is 0 Å². The molecule has 0 radical (unpaired) electrons. The Kier molecular flexibility index (Phi) is 4.20. The fourth-order valence-corrected chi connectivity index (χ4v) is 2.15. The van der Waals surface area contributed by atoms with Gasteiger partial charge in [0.05, 0.1) is 5.69 Å². The molecule has 0 amide bonds. The Bertz CT molecular complexity index is 625. The summed E-state index contributed by atoms with van der Waals surface area (Å²) in [6, 6.07) is 9.94. The Labute approximate surface area is 118 Å². The van der Waals surface area contributed by atoms with Crippen LogP contribution < -0.4 is 10.6 Å². The predicted octanol–water partition coefficient (Wildman–Crippen LogP) is 2.43. The van der Waals surface area contributed by atoms with Crippen LogP contribution in [0.2, 0.25) is 0 Å². The normalized spacial score (nSPS) is 11.2. The molecule has 104 valence electrons. The zero-order valence-corrected chi connectivity index (χ0v) is 11.9. The number of hydrogen-bond donors (Lipinski definition) is 3. The molecule has 0 spiro atoms. The smallest absolute Gasteiger partial charge is 0.133 e. The standard InChI is InChI=1S/C15H19N5/c1-11-14(12(9-16)10-17-2)19-20(15(11)18-3)13-7-5-4-6-8-13/h4-10,16-18H,1-3H3/b12-10+,16-9?. The quantitative estimate of drug-likeness (QED) is 0.730. The molecule has 1 aromatic heterocycles. The third-order valence-corrected chi connectivity index (χ3v) is 3.09. The van der Waals surface area contributed by atoms with E-state index in [0.717, 1.165) is 28.3 Å². The van der Waals surface area contributed by atoms with Crippen molar-refractivity contribution in [1.82, 2.24) is 15.1 Å². The molecule has 2 aromatic rings. The van der Waals surface area contributed by atoms with Crippen LogP contribution in [-0.2, 0) is 0 Å². The molecule has 0 unspecified atom stereocenters. The van der Waals surface area contributed by atoms with Crippen LogP contribution in [0.4, 0.5) is 5.82 Å². The number of nitrogens with zero attached hydrogens (tertiary/aromatic N) is 2. The van der Waals surface area contributed by atoms with Gasteiger partial charge in [0.1, 0.15) is 11.5 Å². The molecule has 1 aromatic carbocycles. The van der Waals surface area contributed by atoms with Crippen molar-refractivity contribution in [3.8, 4) is 5.69 Å². The van der Waals surface area contributed by atoms with Gasteiger partial charge in [0.25, 0.3) is 0 Å². The second-order valence-electron chi connectivity index (χ2n) is 4.35. The minimum atomic E-state index is 0.746. The average Bonchev–Trinajstić information content (AvgIpc) is 2.82. The molecule has 0 aliphatic carbocycles. The first kappa shape index (κ1) is 13.9. The van der Waals surface area contributed by atoms with Crippen molar-refractivity contribution in [3.63, 3.8) is 0 Å². The van der Waals surface area contributed by atoms with Gasteiger partial charge in [-0.25, -0.2) is 4.68 Å². The van der Waals surface area contributed by atoms with E-state index in [-0.39, 0.29) is 0 Å². The second kappa shape index (κ2) is 6.06. The molecule has 0 fully saturated rings. The van der Waals surface area contributed by atoms with Crippen LogP contribution in [-0.4, -0.2) is 30.1 Å². The van der Waals surface area contributed by atoms with Gasteiger partial charge in [-0.05, 0) is 19.1 Å². The summed E-state index contributed by atoms with van der Waals surface area (Å²) in [4.78, 5) is 0. The lowest BCUT2D eigenvalue weighted by atomic mass is 10.1. The first-order valence-electron chi connectivity index (χ1n) is 6.44. The van der Waals surface area contributed by atoms with Gasteiger partial charge in [0.15, 0.2) is 0 Å². The number of allylic oxidation sites excluding steroid dienone is 1. The summed E-state index contributed by atoms with van der Waals surface area (Å²) in [6.07, 6.45) is 3.08. The molecule has 2 rings (SSSR count). The van der Waals surface area contributed by atoms with Gasteiger partial charge in [-0.2, -0.15) is 5.10 Å². The summed E-state index contributed by atoms with van der Waals surface area (Å²) < 4.78 is 1.86. The molecule has 20 heavy (non-hydrogen) atoms. The lowest BCUT2D eigenvalue weighted by molar-refractivity contribution is 0.878. The van der Waals surface area contributed by atoms with Crippen molar-refractivity contribution in [2.45, 2.75) is 6.92 Å². The van der Waals surface area contributed by atoms with E-state index in [4.69, 9.17) is 5.41 Å². The summed E-state index contributed by atoms with van der Waals surface area (Å²) in [5.74, 6) is 0.926. The molecular formula is C15H19N5. The molecule has 0 atom stereocenters. The first-order chi connectivity index (χ1) is 9.72. The van der Waals surface area contributed by atoms with Crippen LogP contribution in [0.25, 0.3) is 11.3 Å². The molecule has 0 aliphatic rings. The van der Waals surface area contributed by atoms with Gasteiger partial charge in [-0.1, -0.05) is 18.2 Å². The van der Waals surface area contributed by atoms with Gasteiger partial charge in [0.2, 0.25) is 0 Å². The minimum Gasteiger partial charge on any atom is -0.393 e. The largest absolute Gasteiger partial charge is 0.393 e. The van der Waals surface area contributed by atoms with Crippen LogP contribution in [0.3, 0.4) is 0 Å². The predicted molar refractivity (Wildman–Crippen MR) is 83.7 cm³/mol. The Hall–Kier alpha value is -2.56. The summed E-state index contributed by atoms with van der Waals surface area (Å²) in [6.45, 7) is 2.00. The Morgan fingerprint density at radius 3 is 2.50 bits per heavy atom. The Morgan fingerprint density at radius 1 is 1.25 bits per heavy atom. The van der Waals surface area contributed by atoms with E-state index < -0.39 is 0 Å². The minimum absolute atomic E-state index is 0.746. The third kappa shape index (κ3) is 2.42. The van der Waals surface area contributed by atoms with E-state index in [0.29, 0.717) is 0 Å². The third-order valence-electron chi connectivity index (χ3n) is 3.09. The second-order valence-corrected chi connectivity index (χ2v) is 4.35. The number of rotatable bonds is 5. The summed E-state index contributed by atoms with van der Waals surface area (Å²) in [7, 11) is 3.69. The highest BCUT2D eigenvalue weighted by molar-refractivity contribution is 6.08. The molecular weight excluding hydrogens is 250 g/mol. The van der Waals surface area contributed by atoms with Gasteiger partial charge in [-0.3, -0.25) is 0 Å². The van der Waals surface area contributed by atoms with Crippen molar-refractivity contribution >= 4 is 17.6 Å². The van der Waals surface area contributed by atoms with Crippen molar-refractivity contribution in [1.29, 1.82) is 5.41 Å². The fraction of sp³-hybridized carbons (Fsp3) is 0.200. The summed E-state index contributed by atoms with van der Waals surface area (Å²) >= 11 is 0.